The van der Waals surface area contributed by atoms with Crippen LogP contribution in [0, 0.1) is 0 Å². The Labute approximate surface area is 123 Å². The van der Waals surface area contributed by atoms with Crippen LogP contribution in [0.5, 0.6) is 0 Å². The van der Waals surface area contributed by atoms with Gasteiger partial charge in [-0.1, -0.05) is 18.2 Å². The molecule has 3 aromatic rings. The van der Waals surface area contributed by atoms with Gasteiger partial charge in [0.25, 0.3) is 0 Å². The molecule has 0 saturated heterocycles. The van der Waals surface area contributed by atoms with Crippen molar-refractivity contribution in [1.29, 1.82) is 0 Å². The van der Waals surface area contributed by atoms with Gasteiger partial charge in [0.05, 0.1) is 15.3 Å². The van der Waals surface area contributed by atoms with Gasteiger partial charge in [-0.3, -0.25) is 4.98 Å². The maximum absolute atomic E-state index is 12.8. The van der Waals surface area contributed by atoms with Crippen molar-refractivity contribution < 1.29 is 8.42 Å². The Hall–Kier alpha value is -2.18. The zero-order valence-electron chi connectivity index (χ0n) is 11.3. The topological polar surface area (TPSA) is 78.0 Å². The lowest BCUT2D eigenvalue weighted by atomic mass is 10.3. The highest BCUT2D eigenvalue weighted by molar-refractivity contribution is 7.91. The minimum Gasteiger partial charge on any atom is -0.345 e. The summed E-state index contributed by atoms with van der Waals surface area (Å²) in [6.07, 6.45) is 4.87. The quantitative estimate of drug-likeness (QED) is 0.797. The fourth-order valence-electron chi connectivity index (χ4n) is 2.37. The van der Waals surface area contributed by atoms with Crippen LogP contribution in [0.25, 0.3) is 10.9 Å². The van der Waals surface area contributed by atoms with Gasteiger partial charge >= 0.3 is 0 Å². The lowest BCUT2D eigenvalue weighted by Crippen LogP contribution is -2.08. The molecule has 5 nitrogen and oxygen atoms in total. The maximum atomic E-state index is 12.8. The molecular formula is C15H15N3O2S. The van der Waals surface area contributed by atoms with Gasteiger partial charge in [-0.15, -0.1) is 0 Å². The third-order valence-electron chi connectivity index (χ3n) is 3.36. The number of fused-ring (bicyclic) bond motifs is 1. The first-order valence-corrected chi connectivity index (χ1v) is 8.06. The highest BCUT2D eigenvalue weighted by Gasteiger charge is 2.23. The van der Waals surface area contributed by atoms with E-state index in [2.05, 4.69) is 4.98 Å². The summed E-state index contributed by atoms with van der Waals surface area (Å²) in [4.78, 5) is 4.59. The number of nitrogens with zero attached hydrogens (tertiary/aromatic N) is 2. The first-order chi connectivity index (χ1) is 10.1. The summed E-state index contributed by atoms with van der Waals surface area (Å²) in [5.74, 6) is 0. The number of aromatic nitrogens is 2. The molecule has 0 amide bonds. The molecule has 21 heavy (non-hydrogen) atoms. The van der Waals surface area contributed by atoms with Crippen molar-refractivity contribution in [3.8, 4) is 0 Å². The van der Waals surface area contributed by atoms with E-state index in [0.29, 0.717) is 18.5 Å². The van der Waals surface area contributed by atoms with Crippen LogP contribution in [0.1, 0.15) is 0 Å². The van der Waals surface area contributed by atoms with E-state index in [1.54, 1.807) is 55.0 Å². The van der Waals surface area contributed by atoms with Crippen molar-refractivity contribution in [2.24, 2.45) is 5.73 Å². The minimum absolute atomic E-state index is 0.269. The van der Waals surface area contributed by atoms with Crippen LogP contribution in [0.15, 0.2) is 64.8 Å². The monoisotopic (exact) mass is 301 g/mol. The molecular weight excluding hydrogens is 286 g/mol. The summed E-state index contributed by atoms with van der Waals surface area (Å²) in [7, 11) is -3.56. The van der Waals surface area contributed by atoms with E-state index >= 15 is 0 Å². The van der Waals surface area contributed by atoms with Gasteiger partial charge < -0.3 is 10.3 Å². The van der Waals surface area contributed by atoms with E-state index < -0.39 is 9.84 Å². The second kappa shape index (κ2) is 5.31. The number of hydrogen-bond acceptors (Lipinski definition) is 4. The lowest BCUT2D eigenvalue weighted by Gasteiger charge is -2.02. The zero-order valence-corrected chi connectivity index (χ0v) is 12.1. The van der Waals surface area contributed by atoms with E-state index in [1.165, 1.54) is 0 Å². The number of nitrogens with two attached hydrogens (primary N) is 1. The van der Waals surface area contributed by atoms with E-state index in [-0.39, 0.29) is 9.79 Å². The first kappa shape index (κ1) is 13.8. The first-order valence-electron chi connectivity index (χ1n) is 6.57. The van der Waals surface area contributed by atoms with Crippen LogP contribution < -0.4 is 5.73 Å². The summed E-state index contributed by atoms with van der Waals surface area (Å²) in [6, 6.07) is 10.2. The molecule has 0 fully saturated rings. The Morgan fingerprint density at radius 1 is 1.14 bits per heavy atom. The van der Waals surface area contributed by atoms with Gasteiger partial charge in [-0.05, 0) is 18.2 Å². The molecule has 1 aromatic carbocycles. The van der Waals surface area contributed by atoms with E-state index in [1.807, 2.05) is 4.57 Å². The van der Waals surface area contributed by atoms with Crippen molar-refractivity contribution in [2.45, 2.75) is 16.3 Å². The standard InChI is InChI=1S/C15H15N3O2S/c16-7-9-18-11-15(13-10-17-8-6-14(13)18)21(19,20)12-4-2-1-3-5-12/h1-6,8,10-11H,7,9,16H2. The highest BCUT2D eigenvalue weighted by atomic mass is 32.2. The van der Waals surface area contributed by atoms with Gasteiger partial charge in [-0.2, -0.15) is 0 Å². The van der Waals surface area contributed by atoms with Crippen LogP contribution in [-0.4, -0.2) is 24.5 Å². The van der Waals surface area contributed by atoms with Crippen LogP contribution in [0.3, 0.4) is 0 Å². The molecule has 0 bridgehead atoms. The lowest BCUT2D eigenvalue weighted by molar-refractivity contribution is 0.596. The fraction of sp³-hybridized carbons (Fsp3) is 0.133. The van der Waals surface area contributed by atoms with Gasteiger partial charge in [0.2, 0.25) is 9.84 Å². The van der Waals surface area contributed by atoms with Crippen molar-refractivity contribution in [3.05, 3.63) is 55.0 Å². The van der Waals surface area contributed by atoms with Gasteiger partial charge in [0.1, 0.15) is 0 Å². The molecule has 0 atom stereocenters. The summed E-state index contributed by atoms with van der Waals surface area (Å²) >= 11 is 0. The van der Waals surface area contributed by atoms with Crippen molar-refractivity contribution in [3.63, 3.8) is 0 Å². The minimum atomic E-state index is -3.56. The second-order valence-corrected chi connectivity index (χ2v) is 6.60. The van der Waals surface area contributed by atoms with Crippen LogP contribution in [-0.2, 0) is 16.4 Å². The third-order valence-corrected chi connectivity index (χ3v) is 5.16. The fourth-order valence-corrected chi connectivity index (χ4v) is 3.86. The normalized spacial score (nSPS) is 11.9. The van der Waals surface area contributed by atoms with Crippen molar-refractivity contribution in [1.82, 2.24) is 9.55 Å². The molecule has 0 spiro atoms. The smallest absolute Gasteiger partial charge is 0.208 e. The maximum Gasteiger partial charge on any atom is 0.208 e. The van der Waals surface area contributed by atoms with E-state index in [9.17, 15) is 8.42 Å². The van der Waals surface area contributed by atoms with E-state index in [0.717, 1.165) is 5.52 Å². The molecule has 6 heteroatoms. The number of sulfone groups is 1. The van der Waals surface area contributed by atoms with E-state index in [4.69, 9.17) is 5.73 Å². The Balaban J connectivity index is 2.26. The summed E-state index contributed by atoms with van der Waals surface area (Å²) in [5.41, 5.74) is 6.42. The Kier molecular flexibility index (Phi) is 3.48. The Bertz CT molecular complexity index is 870. The van der Waals surface area contributed by atoms with Gasteiger partial charge in [0, 0.05) is 37.1 Å². The van der Waals surface area contributed by atoms with Crippen LogP contribution >= 0.6 is 0 Å². The predicted octanol–water partition coefficient (Wildman–Crippen LogP) is 1.83. The SMILES string of the molecule is NCCn1cc(S(=O)(=O)c2ccccc2)c2cnccc21. The van der Waals surface area contributed by atoms with Crippen LogP contribution in [0.4, 0.5) is 0 Å². The summed E-state index contributed by atoms with van der Waals surface area (Å²) < 4.78 is 27.4. The average Bonchev–Trinajstić information content (AvgIpc) is 2.88. The largest absolute Gasteiger partial charge is 0.345 e. The van der Waals surface area contributed by atoms with Gasteiger partial charge in [-0.25, -0.2) is 8.42 Å². The Morgan fingerprint density at radius 3 is 2.62 bits per heavy atom. The molecule has 2 aromatic heterocycles. The summed E-state index contributed by atoms with van der Waals surface area (Å²) in [6.45, 7) is 1.00. The number of pyridine rings is 1. The molecule has 3 rings (SSSR count). The molecule has 0 unspecified atom stereocenters. The summed E-state index contributed by atoms with van der Waals surface area (Å²) in [5, 5.41) is 0.620. The second-order valence-electron chi connectivity index (χ2n) is 4.68. The highest BCUT2D eigenvalue weighted by Crippen LogP contribution is 2.29. The predicted molar refractivity (Wildman–Crippen MR) is 80.7 cm³/mol. The zero-order chi connectivity index (χ0) is 14.9. The molecule has 2 heterocycles. The molecule has 0 aliphatic heterocycles. The Morgan fingerprint density at radius 2 is 1.90 bits per heavy atom. The molecule has 2 N–H and O–H groups in total. The van der Waals surface area contributed by atoms with Crippen LogP contribution in [0.2, 0.25) is 0 Å². The molecule has 0 radical (unpaired) electrons. The average molecular weight is 301 g/mol. The molecule has 0 saturated carbocycles. The molecule has 108 valence electrons. The van der Waals surface area contributed by atoms with Crippen molar-refractivity contribution >= 4 is 20.7 Å². The van der Waals surface area contributed by atoms with Gasteiger partial charge in [0.15, 0.2) is 0 Å². The van der Waals surface area contributed by atoms with Crippen molar-refractivity contribution in [2.75, 3.05) is 6.54 Å². The number of rotatable bonds is 4. The third kappa shape index (κ3) is 2.32. The molecule has 0 aliphatic carbocycles. The molecule has 0 aliphatic rings. The number of hydrogen-bond donors (Lipinski definition) is 1. The number of benzene rings is 1.